The number of aromatic nitrogens is 1. The molecule has 1 aromatic carbocycles. The Labute approximate surface area is 179 Å². The fraction of sp³-hybridized carbons (Fsp3) is 0.455. The summed E-state index contributed by atoms with van der Waals surface area (Å²) in [6.45, 7) is 4.08. The molecule has 0 bridgehead atoms. The molecule has 166 valence electrons. The van der Waals surface area contributed by atoms with Crippen LogP contribution in [0.2, 0.25) is 0 Å². The number of pyridine rings is 1. The van der Waals surface area contributed by atoms with Gasteiger partial charge in [-0.3, -0.25) is 4.79 Å². The van der Waals surface area contributed by atoms with Crippen molar-refractivity contribution in [3.8, 4) is 0 Å². The van der Waals surface area contributed by atoms with E-state index in [4.69, 9.17) is 5.73 Å². The normalized spacial score (nSPS) is 20.7. The fourth-order valence-electron chi connectivity index (χ4n) is 4.10. The SMILES string of the molecule is C[C@H]1CCN(c2nc(Nc3ccc(N4CCC(F)(F)CC4)cc3)c(C(N)=O)cc2F)C1. The van der Waals surface area contributed by atoms with Crippen LogP contribution in [0.1, 0.15) is 36.5 Å². The molecule has 2 fully saturated rings. The van der Waals surface area contributed by atoms with Gasteiger partial charge in [-0.25, -0.2) is 18.2 Å². The van der Waals surface area contributed by atoms with Crippen molar-refractivity contribution >= 4 is 28.9 Å². The van der Waals surface area contributed by atoms with Gasteiger partial charge in [-0.15, -0.1) is 0 Å². The molecule has 2 aliphatic heterocycles. The number of piperidine rings is 1. The van der Waals surface area contributed by atoms with E-state index in [0.717, 1.165) is 18.2 Å². The number of primary amides is 1. The number of amides is 1. The van der Waals surface area contributed by atoms with Gasteiger partial charge in [0.15, 0.2) is 11.6 Å². The molecular weight excluding hydrogens is 407 g/mol. The van der Waals surface area contributed by atoms with Crippen molar-refractivity contribution in [1.82, 2.24) is 4.98 Å². The van der Waals surface area contributed by atoms with Crippen LogP contribution in [0.15, 0.2) is 30.3 Å². The van der Waals surface area contributed by atoms with Gasteiger partial charge in [0.1, 0.15) is 5.82 Å². The minimum absolute atomic E-state index is 0.0316. The molecule has 0 unspecified atom stereocenters. The Morgan fingerprint density at radius 1 is 1.16 bits per heavy atom. The lowest BCUT2D eigenvalue weighted by Crippen LogP contribution is -2.39. The van der Waals surface area contributed by atoms with Crippen LogP contribution >= 0.6 is 0 Å². The first-order valence-electron chi connectivity index (χ1n) is 10.5. The quantitative estimate of drug-likeness (QED) is 0.741. The Balaban J connectivity index is 1.54. The van der Waals surface area contributed by atoms with Gasteiger partial charge in [-0.05, 0) is 42.7 Å². The topological polar surface area (TPSA) is 74.5 Å². The maximum Gasteiger partial charge on any atom is 0.252 e. The van der Waals surface area contributed by atoms with E-state index < -0.39 is 17.6 Å². The third-order valence-electron chi connectivity index (χ3n) is 5.94. The average molecular weight is 433 g/mol. The van der Waals surface area contributed by atoms with Gasteiger partial charge < -0.3 is 20.9 Å². The maximum atomic E-state index is 14.6. The third-order valence-corrected chi connectivity index (χ3v) is 5.94. The van der Waals surface area contributed by atoms with Crippen molar-refractivity contribution in [3.05, 3.63) is 41.7 Å². The molecule has 2 aromatic rings. The Morgan fingerprint density at radius 2 is 1.84 bits per heavy atom. The largest absolute Gasteiger partial charge is 0.371 e. The lowest BCUT2D eigenvalue weighted by molar-refractivity contribution is -0.0220. The number of hydrogen-bond donors (Lipinski definition) is 2. The number of nitrogens with one attached hydrogen (secondary N) is 1. The van der Waals surface area contributed by atoms with Crippen LogP contribution in [0.5, 0.6) is 0 Å². The molecule has 3 heterocycles. The van der Waals surface area contributed by atoms with Crippen molar-refractivity contribution in [2.75, 3.05) is 41.3 Å². The van der Waals surface area contributed by atoms with Crippen LogP contribution in [0.4, 0.5) is 36.2 Å². The molecule has 0 radical (unpaired) electrons. The number of nitrogens with zero attached hydrogens (tertiary/aromatic N) is 3. The van der Waals surface area contributed by atoms with E-state index in [-0.39, 0.29) is 30.0 Å². The molecule has 0 saturated carbocycles. The van der Waals surface area contributed by atoms with Gasteiger partial charge in [-0.1, -0.05) is 6.92 Å². The second kappa shape index (κ2) is 8.28. The highest BCUT2D eigenvalue weighted by atomic mass is 19.3. The van der Waals surface area contributed by atoms with E-state index in [1.54, 1.807) is 12.1 Å². The number of carbonyl (C=O) groups excluding carboxylic acids is 1. The summed E-state index contributed by atoms with van der Waals surface area (Å²) >= 11 is 0. The van der Waals surface area contributed by atoms with Crippen molar-refractivity contribution in [2.24, 2.45) is 11.7 Å². The molecule has 4 rings (SSSR count). The summed E-state index contributed by atoms with van der Waals surface area (Å²) in [4.78, 5) is 20.0. The molecule has 1 aromatic heterocycles. The number of halogens is 3. The van der Waals surface area contributed by atoms with Crippen LogP contribution in [0.25, 0.3) is 0 Å². The zero-order valence-corrected chi connectivity index (χ0v) is 17.4. The van der Waals surface area contributed by atoms with Crippen molar-refractivity contribution < 1.29 is 18.0 Å². The van der Waals surface area contributed by atoms with Gasteiger partial charge in [0.2, 0.25) is 0 Å². The lowest BCUT2D eigenvalue weighted by atomic mass is 10.1. The number of nitrogens with two attached hydrogens (primary N) is 1. The smallest absolute Gasteiger partial charge is 0.252 e. The minimum Gasteiger partial charge on any atom is -0.371 e. The first kappa shape index (κ1) is 21.3. The highest BCUT2D eigenvalue weighted by Gasteiger charge is 2.34. The number of rotatable bonds is 5. The van der Waals surface area contributed by atoms with Gasteiger partial charge in [0.05, 0.1) is 5.56 Å². The molecule has 6 nitrogen and oxygen atoms in total. The number of hydrogen-bond acceptors (Lipinski definition) is 5. The predicted octanol–water partition coefficient (Wildman–Crippen LogP) is 4.14. The number of anilines is 4. The maximum absolute atomic E-state index is 14.6. The van der Waals surface area contributed by atoms with Gasteiger partial charge in [0, 0.05) is 50.4 Å². The Bertz CT molecular complexity index is 956. The average Bonchev–Trinajstić information content (AvgIpc) is 3.15. The Kier molecular flexibility index (Phi) is 5.68. The third kappa shape index (κ3) is 4.70. The van der Waals surface area contributed by atoms with E-state index in [2.05, 4.69) is 17.2 Å². The summed E-state index contributed by atoms with van der Waals surface area (Å²) in [5.41, 5.74) is 6.88. The molecule has 1 atom stereocenters. The van der Waals surface area contributed by atoms with E-state index in [1.165, 1.54) is 0 Å². The van der Waals surface area contributed by atoms with Crippen molar-refractivity contribution in [1.29, 1.82) is 0 Å². The van der Waals surface area contributed by atoms with Gasteiger partial charge in [-0.2, -0.15) is 0 Å². The van der Waals surface area contributed by atoms with Crippen molar-refractivity contribution in [2.45, 2.75) is 32.1 Å². The van der Waals surface area contributed by atoms with Crippen LogP contribution in [0, 0.1) is 11.7 Å². The molecular formula is C22H26F3N5O. The molecule has 2 aliphatic rings. The number of benzene rings is 1. The van der Waals surface area contributed by atoms with E-state index >= 15 is 0 Å². The van der Waals surface area contributed by atoms with Crippen molar-refractivity contribution in [3.63, 3.8) is 0 Å². The lowest BCUT2D eigenvalue weighted by Gasteiger charge is -2.33. The molecule has 0 aliphatic carbocycles. The number of alkyl halides is 2. The summed E-state index contributed by atoms with van der Waals surface area (Å²) < 4.78 is 41.4. The van der Waals surface area contributed by atoms with E-state index in [0.29, 0.717) is 37.8 Å². The minimum atomic E-state index is -2.59. The number of carbonyl (C=O) groups is 1. The van der Waals surface area contributed by atoms with Crippen LogP contribution in [-0.2, 0) is 0 Å². The predicted molar refractivity (Wildman–Crippen MR) is 115 cm³/mol. The second-order valence-corrected chi connectivity index (χ2v) is 8.41. The zero-order chi connectivity index (χ0) is 22.2. The van der Waals surface area contributed by atoms with E-state index in [1.807, 2.05) is 21.9 Å². The first-order chi connectivity index (χ1) is 14.7. The van der Waals surface area contributed by atoms with Gasteiger partial charge in [0.25, 0.3) is 11.8 Å². The molecule has 31 heavy (non-hydrogen) atoms. The summed E-state index contributed by atoms with van der Waals surface area (Å²) in [6, 6.07) is 8.31. The summed E-state index contributed by atoms with van der Waals surface area (Å²) in [7, 11) is 0. The standard InChI is InChI=1S/C22H26F3N5O/c1-14-6-9-30(13-14)21-18(23)12-17(19(26)31)20(28-21)27-15-2-4-16(5-3-15)29-10-7-22(24,25)8-11-29/h2-5,12,14H,6-11,13H2,1H3,(H2,26,31)(H,27,28)/t14-/m0/s1. The Morgan fingerprint density at radius 3 is 2.42 bits per heavy atom. The fourth-order valence-corrected chi connectivity index (χ4v) is 4.10. The summed E-state index contributed by atoms with van der Waals surface area (Å²) in [5, 5.41) is 3.06. The molecule has 0 spiro atoms. The highest BCUT2D eigenvalue weighted by molar-refractivity contribution is 5.98. The summed E-state index contributed by atoms with van der Waals surface area (Å²) in [6.07, 6.45) is 0.629. The summed E-state index contributed by atoms with van der Waals surface area (Å²) in [5.74, 6) is -3.12. The monoisotopic (exact) mass is 433 g/mol. The van der Waals surface area contributed by atoms with Gasteiger partial charge >= 0.3 is 0 Å². The molecule has 1 amide bonds. The van der Waals surface area contributed by atoms with Crippen LogP contribution in [-0.4, -0.2) is 43.0 Å². The molecule has 2 saturated heterocycles. The van der Waals surface area contributed by atoms with Crippen LogP contribution in [0.3, 0.4) is 0 Å². The first-order valence-corrected chi connectivity index (χ1v) is 10.5. The Hall–Kier alpha value is -2.97. The molecule has 9 heteroatoms. The van der Waals surface area contributed by atoms with E-state index in [9.17, 15) is 18.0 Å². The highest BCUT2D eigenvalue weighted by Crippen LogP contribution is 2.32. The molecule has 3 N–H and O–H groups in total. The second-order valence-electron chi connectivity index (χ2n) is 8.41. The van der Waals surface area contributed by atoms with Crippen LogP contribution < -0.4 is 20.9 Å². The zero-order valence-electron chi connectivity index (χ0n) is 17.4.